The van der Waals surface area contributed by atoms with E-state index >= 15 is 0 Å². The monoisotopic (exact) mass is 304 g/mol. The third-order valence-corrected chi connectivity index (χ3v) is 3.12. The number of amides is 2. The first kappa shape index (κ1) is 15.3. The Hall–Kier alpha value is -2.12. The van der Waals surface area contributed by atoms with Crippen molar-refractivity contribution in [2.45, 2.75) is 12.6 Å². The predicted molar refractivity (Wildman–Crippen MR) is 64.9 cm³/mol. The van der Waals surface area contributed by atoms with Gasteiger partial charge in [-0.3, -0.25) is 9.59 Å². The van der Waals surface area contributed by atoms with Crippen molar-refractivity contribution in [3.63, 3.8) is 0 Å². The third-order valence-electron chi connectivity index (χ3n) is 3.12. The molecule has 1 saturated heterocycles. The minimum Gasteiger partial charge on any atom is -0.354 e. The number of nitrogens with zero attached hydrogens (tertiary/aromatic N) is 1. The van der Waals surface area contributed by atoms with Gasteiger partial charge in [-0.15, -0.1) is 0 Å². The SMILES string of the molecule is O=C1CCN(C(=O)c2ccc(F)c(C(F)(F)F)c2)CCN1. The molecule has 1 aliphatic rings. The first-order valence-electron chi connectivity index (χ1n) is 6.22. The van der Waals surface area contributed by atoms with Gasteiger partial charge in [0.2, 0.25) is 5.91 Å². The summed E-state index contributed by atoms with van der Waals surface area (Å²) in [6, 6.07) is 2.13. The molecule has 1 fully saturated rings. The van der Waals surface area contributed by atoms with Crippen LogP contribution >= 0.6 is 0 Å². The molecule has 1 aromatic rings. The Morgan fingerprint density at radius 2 is 1.95 bits per heavy atom. The number of carbonyl (C=O) groups excluding carboxylic acids is 2. The maximum Gasteiger partial charge on any atom is 0.419 e. The van der Waals surface area contributed by atoms with Crippen molar-refractivity contribution in [1.29, 1.82) is 0 Å². The normalized spacial score (nSPS) is 16.4. The molecule has 0 unspecified atom stereocenters. The van der Waals surface area contributed by atoms with Gasteiger partial charge in [0.25, 0.3) is 5.91 Å². The van der Waals surface area contributed by atoms with E-state index in [0.29, 0.717) is 12.1 Å². The van der Waals surface area contributed by atoms with E-state index in [1.165, 1.54) is 4.90 Å². The highest BCUT2D eigenvalue weighted by atomic mass is 19.4. The maximum absolute atomic E-state index is 13.2. The second-order valence-corrected chi connectivity index (χ2v) is 4.58. The van der Waals surface area contributed by atoms with Crippen LogP contribution in [0.3, 0.4) is 0 Å². The Labute approximate surface area is 117 Å². The van der Waals surface area contributed by atoms with Gasteiger partial charge in [-0.1, -0.05) is 0 Å². The van der Waals surface area contributed by atoms with Gasteiger partial charge in [0, 0.05) is 31.6 Å². The molecule has 0 aliphatic carbocycles. The number of hydrogen-bond donors (Lipinski definition) is 1. The van der Waals surface area contributed by atoms with Crippen molar-refractivity contribution in [3.8, 4) is 0 Å². The number of rotatable bonds is 1. The largest absolute Gasteiger partial charge is 0.419 e. The standard InChI is InChI=1S/C13H12F4N2O2/c14-10-2-1-8(7-9(10)13(15,16)17)12(21)19-5-3-11(20)18-4-6-19/h1-2,7H,3-6H2,(H,18,20). The van der Waals surface area contributed by atoms with E-state index in [1.54, 1.807) is 0 Å². The van der Waals surface area contributed by atoms with Crippen LogP contribution in [-0.2, 0) is 11.0 Å². The number of halogens is 4. The summed E-state index contributed by atoms with van der Waals surface area (Å²) in [7, 11) is 0. The number of hydrogen-bond acceptors (Lipinski definition) is 2. The lowest BCUT2D eigenvalue weighted by atomic mass is 10.1. The molecule has 0 spiro atoms. The highest BCUT2D eigenvalue weighted by Crippen LogP contribution is 2.32. The molecule has 21 heavy (non-hydrogen) atoms. The Morgan fingerprint density at radius 3 is 2.62 bits per heavy atom. The fourth-order valence-electron chi connectivity index (χ4n) is 2.03. The number of alkyl halides is 3. The van der Waals surface area contributed by atoms with E-state index < -0.39 is 23.5 Å². The third kappa shape index (κ3) is 3.50. The van der Waals surface area contributed by atoms with Gasteiger partial charge >= 0.3 is 6.18 Å². The van der Waals surface area contributed by atoms with Gasteiger partial charge in [0.1, 0.15) is 5.82 Å². The summed E-state index contributed by atoms with van der Waals surface area (Å²) >= 11 is 0. The minimum atomic E-state index is -4.86. The van der Waals surface area contributed by atoms with Crippen LogP contribution in [0.1, 0.15) is 22.3 Å². The van der Waals surface area contributed by atoms with Crippen LogP contribution in [-0.4, -0.2) is 36.3 Å². The highest BCUT2D eigenvalue weighted by Gasteiger charge is 2.35. The molecule has 2 rings (SSSR count). The lowest BCUT2D eigenvalue weighted by Gasteiger charge is -2.20. The summed E-state index contributed by atoms with van der Waals surface area (Å²) in [5.41, 5.74) is -1.73. The average molecular weight is 304 g/mol. The van der Waals surface area contributed by atoms with E-state index in [9.17, 15) is 27.2 Å². The fourth-order valence-corrected chi connectivity index (χ4v) is 2.03. The van der Waals surface area contributed by atoms with Crippen molar-refractivity contribution >= 4 is 11.8 Å². The molecule has 1 aliphatic heterocycles. The van der Waals surface area contributed by atoms with Gasteiger partial charge in [-0.05, 0) is 18.2 Å². The Morgan fingerprint density at radius 1 is 1.24 bits per heavy atom. The van der Waals surface area contributed by atoms with Gasteiger partial charge in [0.15, 0.2) is 0 Å². The fraction of sp³-hybridized carbons (Fsp3) is 0.385. The first-order valence-corrected chi connectivity index (χ1v) is 6.22. The summed E-state index contributed by atoms with van der Waals surface area (Å²) in [5, 5.41) is 2.55. The van der Waals surface area contributed by atoms with E-state index in [4.69, 9.17) is 0 Å². The summed E-state index contributed by atoms with van der Waals surface area (Å²) < 4.78 is 51.1. The van der Waals surface area contributed by atoms with Gasteiger partial charge < -0.3 is 10.2 Å². The van der Waals surface area contributed by atoms with Crippen molar-refractivity contribution < 1.29 is 27.2 Å². The van der Waals surface area contributed by atoms with E-state index in [-0.39, 0.29) is 37.5 Å². The zero-order chi connectivity index (χ0) is 15.6. The van der Waals surface area contributed by atoms with Crippen molar-refractivity contribution in [2.75, 3.05) is 19.6 Å². The topological polar surface area (TPSA) is 49.4 Å². The zero-order valence-electron chi connectivity index (χ0n) is 10.8. The Bertz CT molecular complexity index is 572. The Balaban J connectivity index is 2.25. The molecule has 8 heteroatoms. The van der Waals surface area contributed by atoms with Crippen molar-refractivity contribution in [1.82, 2.24) is 10.2 Å². The molecule has 0 aromatic heterocycles. The Kier molecular flexibility index (Phi) is 4.15. The lowest BCUT2D eigenvalue weighted by Crippen LogP contribution is -2.34. The number of benzene rings is 1. The summed E-state index contributed by atoms with van der Waals surface area (Å²) in [5.74, 6) is -2.30. The second-order valence-electron chi connectivity index (χ2n) is 4.58. The first-order chi connectivity index (χ1) is 9.79. The van der Waals surface area contributed by atoms with Crippen LogP contribution in [0, 0.1) is 5.82 Å². The molecular weight excluding hydrogens is 292 g/mol. The average Bonchev–Trinajstić information content (AvgIpc) is 2.62. The quantitative estimate of drug-likeness (QED) is 0.804. The maximum atomic E-state index is 13.2. The zero-order valence-corrected chi connectivity index (χ0v) is 10.8. The van der Waals surface area contributed by atoms with Gasteiger partial charge in [-0.25, -0.2) is 4.39 Å². The molecule has 0 saturated carbocycles. The second kappa shape index (κ2) is 5.71. The molecular formula is C13H12F4N2O2. The highest BCUT2D eigenvalue weighted by molar-refractivity contribution is 5.95. The van der Waals surface area contributed by atoms with Crippen LogP contribution in [0.25, 0.3) is 0 Å². The summed E-state index contributed by atoms with van der Waals surface area (Å²) in [6.45, 7) is 0.546. The predicted octanol–water partition coefficient (Wildman–Crippen LogP) is 1.81. The molecule has 1 N–H and O–H groups in total. The number of carbonyl (C=O) groups is 2. The van der Waals surface area contributed by atoms with Crippen LogP contribution in [0.15, 0.2) is 18.2 Å². The summed E-state index contributed by atoms with van der Waals surface area (Å²) in [4.78, 5) is 24.6. The van der Waals surface area contributed by atoms with Crippen LogP contribution in [0.5, 0.6) is 0 Å². The van der Waals surface area contributed by atoms with E-state index in [1.807, 2.05) is 0 Å². The van der Waals surface area contributed by atoms with Crippen molar-refractivity contribution in [3.05, 3.63) is 35.1 Å². The minimum absolute atomic E-state index is 0.0824. The lowest BCUT2D eigenvalue weighted by molar-refractivity contribution is -0.140. The van der Waals surface area contributed by atoms with Crippen molar-refractivity contribution in [2.24, 2.45) is 0 Å². The summed E-state index contributed by atoms with van der Waals surface area (Å²) in [6.07, 6.45) is -4.78. The van der Waals surface area contributed by atoms with E-state index in [0.717, 1.165) is 6.07 Å². The molecule has 0 atom stereocenters. The molecule has 0 bridgehead atoms. The molecule has 4 nitrogen and oxygen atoms in total. The molecule has 1 aromatic carbocycles. The van der Waals surface area contributed by atoms with Crippen LogP contribution < -0.4 is 5.32 Å². The molecule has 2 amide bonds. The number of nitrogens with one attached hydrogen (secondary N) is 1. The van der Waals surface area contributed by atoms with Gasteiger partial charge in [-0.2, -0.15) is 13.2 Å². The van der Waals surface area contributed by atoms with E-state index in [2.05, 4.69) is 5.32 Å². The molecule has 114 valence electrons. The molecule has 0 radical (unpaired) electrons. The van der Waals surface area contributed by atoms with Gasteiger partial charge in [0.05, 0.1) is 5.56 Å². The smallest absolute Gasteiger partial charge is 0.354 e. The van der Waals surface area contributed by atoms with Crippen LogP contribution in [0.4, 0.5) is 17.6 Å². The van der Waals surface area contributed by atoms with Crippen LogP contribution in [0.2, 0.25) is 0 Å². The molecule has 1 heterocycles.